The van der Waals surface area contributed by atoms with Crippen LogP contribution < -0.4 is 0 Å². The number of hydrogen-bond donors (Lipinski definition) is 0. The maximum atomic E-state index is 5.43. The summed E-state index contributed by atoms with van der Waals surface area (Å²) in [6.07, 6.45) is 0.689. The van der Waals surface area contributed by atoms with Crippen LogP contribution >= 0.6 is 0 Å². The standard InChI is InChI=1S/C7H20O4Si2/c1-8-7-12(5,6)13(9-2,10-3)11-4/h7H2,1-6H3. The van der Waals surface area contributed by atoms with Crippen molar-refractivity contribution < 1.29 is 18.0 Å². The Morgan fingerprint density at radius 3 is 1.46 bits per heavy atom. The molecule has 0 radical (unpaired) electrons. The summed E-state index contributed by atoms with van der Waals surface area (Å²) in [5.74, 6) is 0. The second-order valence-electron chi connectivity index (χ2n) is 3.49. The van der Waals surface area contributed by atoms with E-state index >= 15 is 0 Å². The molecule has 0 aliphatic rings. The molecular weight excluding hydrogens is 204 g/mol. The first-order valence-corrected chi connectivity index (χ1v) is 10.1. The quantitative estimate of drug-likeness (QED) is 0.627. The van der Waals surface area contributed by atoms with Crippen molar-refractivity contribution in [2.45, 2.75) is 13.1 Å². The third-order valence-electron chi connectivity index (χ3n) is 2.14. The smallest absolute Gasteiger partial charge is 0.388 e. The van der Waals surface area contributed by atoms with Crippen LogP contribution in [0.4, 0.5) is 0 Å². The predicted octanol–water partition coefficient (Wildman–Crippen LogP) is 0.837. The Morgan fingerprint density at radius 1 is 0.846 bits per heavy atom. The Labute approximate surface area is 82.3 Å². The maximum Gasteiger partial charge on any atom is 0.471 e. The van der Waals surface area contributed by atoms with Crippen molar-refractivity contribution in [1.29, 1.82) is 0 Å². The molecule has 0 aliphatic carbocycles. The zero-order valence-corrected chi connectivity index (χ0v) is 11.3. The van der Waals surface area contributed by atoms with Gasteiger partial charge in [-0.25, -0.2) is 0 Å². The lowest BCUT2D eigenvalue weighted by Crippen LogP contribution is -2.66. The van der Waals surface area contributed by atoms with E-state index in [1.54, 1.807) is 28.4 Å². The van der Waals surface area contributed by atoms with Crippen molar-refractivity contribution in [3.05, 3.63) is 0 Å². The summed E-state index contributed by atoms with van der Waals surface area (Å²) in [6.45, 7) is 4.30. The molecule has 4 nitrogen and oxygen atoms in total. The molecule has 0 spiro atoms. The second-order valence-corrected chi connectivity index (χ2v) is 15.8. The second kappa shape index (κ2) is 5.23. The van der Waals surface area contributed by atoms with Crippen LogP contribution in [-0.2, 0) is 18.0 Å². The predicted molar refractivity (Wildman–Crippen MR) is 56.1 cm³/mol. The average molecular weight is 224 g/mol. The summed E-state index contributed by atoms with van der Waals surface area (Å²) in [7, 11) is 2.43. The molecule has 0 bridgehead atoms. The summed E-state index contributed by atoms with van der Waals surface area (Å²) in [5, 5.41) is 0. The van der Waals surface area contributed by atoms with Gasteiger partial charge in [-0.15, -0.1) is 0 Å². The first-order chi connectivity index (χ1) is 5.99. The lowest BCUT2D eigenvalue weighted by molar-refractivity contribution is 0.141. The zero-order valence-electron chi connectivity index (χ0n) is 9.34. The van der Waals surface area contributed by atoms with Gasteiger partial charge in [-0.3, -0.25) is 0 Å². The molecule has 0 atom stereocenters. The Bertz CT molecular complexity index is 139. The Morgan fingerprint density at radius 2 is 1.23 bits per heavy atom. The molecule has 13 heavy (non-hydrogen) atoms. The fourth-order valence-corrected chi connectivity index (χ4v) is 10.5. The van der Waals surface area contributed by atoms with Crippen molar-refractivity contribution >= 4 is 15.9 Å². The molecule has 0 aromatic carbocycles. The fraction of sp³-hybridized carbons (Fsp3) is 1.00. The summed E-state index contributed by atoms with van der Waals surface area (Å²) < 4.78 is 21.5. The SMILES string of the molecule is COC[Si](C)(C)[Si](OC)(OC)OC. The van der Waals surface area contributed by atoms with Gasteiger partial charge >= 0.3 is 8.32 Å². The van der Waals surface area contributed by atoms with Gasteiger partial charge in [0, 0.05) is 34.7 Å². The van der Waals surface area contributed by atoms with Gasteiger partial charge in [-0.2, -0.15) is 0 Å². The number of hydrogen-bond acceptors (Lipinski definition) is 4. The highest BCUT2D eigenvalue weighted by atomic mass is 29.3. The van der Waals surface area contributed by atoms with Gasteiger partial charge in [0.15, 0.2) is 7.59 Å². The summed E-state index contributed by atoms with van der Waals surface area (Å²) in [5.41, 5.74) is 0. The molecule has 0 unspecified atom stereocenters. The van der Waals surface area contributed by atoms with Crippen LogP contribution in [0, 0.1) is 0 Å². The first-order valence-electron chi connectivity index (χ1n) is 4.14. The average Bonchev–Trinajstić information content (AvgIpc) is 2.07. The molecule has 0 aliphatic heterocycles. The van der Waals surface area contributed by atoms with Crippen LogP contribution in [-0.4, -0.2) is 50.6 Å². The summed E-state index contributed by atoms with van der Waals surface area (Å²) in [4.78, 5) is 0. The van der Waals surface area contributed by atoms with Crippen molar-refractivity contribution in [3.8, 4) is 0 Å². The Balaban J connectivity index is 4.68. The molecule has 0 aromatic heterocycles. The van der Waals surface area contributed by atoms with Crippen molar-refractivity contribution in [2.24, 2.45) is 0 Å². The molecule has 0 N–H and O–H groups in total. The van der Waals surface area contributed by atoms with Gasteiger partial charge in [-0.05, 0) is 0 Å². The molecule has 0 amide bonds. The van der Waals surface area contributed by atoms with Crippen molar-refractivity contribution in [2.75, 3.05) is 34.7 Å². The van der Waals surface area contributed by atoms with Gasteiger partial charge in [0.2, 0.25) is 0 Å². The lowest BCUT2D eigenvalue weighted by atomic mass is 11.5. The lowest BCUT2D eigenvalue weighted by Gasteiger charge is -2.36. The summed E-state index contributed by atoms with van der Waals surface area (Å²) in [6, 6.07) is 0. The molecule has 0 aromatic rings. The Hall–Kier alpha value is 0.274. The number of methoxy groups -OCH3 is 1. The van der Waals surface area contributed by atoms with E-state index in [0.717, 1.165) is 0 Å². The molecule has 0 fully saturated rings. The van der Waals surface area contributed by atoms with Gasteiger partial charge in [-0.1, -0.05) is 13.1 Å². The molecule has 0 saturated heterocycles. The van der Waals surface area contributed by atoms with Gasteiger partial charge < -0.3 is 18.0 Å². The number of ether oxygens (including phenoxy) is 1. The molecule has 80 valence electrons. The molecule has 6 heteroatoms. The van der Waals surface area contributed by atoms with Crippen LogP contribution in [0.25, 0.3) is 0 Å². The third-order valence-corrected chi connectivity index (χ3v) is 13.7. The molecular formula is C7H20O4Si2. The van der Waals surface area contributed by atoms with E-state index in [-0.39, 0.29) is 0 Å². The van der Waals surface area contributed by atoms with Crippen LogP contribution in [0.5, 0.6) is 0 Å². The van der Waals surface area contributed by atoms with Crippen LogP contribution in [0.3, 0.4) is 0 Å². The minimum Gasteiger partial charge on any atom is -0.388 e. The van der Waals surface area contributed by atoms with E-state index < -0.39 is 15.9 Å². The minimum absolute atomic E-state index is 0.689. The van der Waals surface area contributed by atoms with Crippen LogP contribution in [0.2, 0.25) is 13.1 Å². The van der Waals surface area contributed by atoms with E-state index in [0.29, 0.717) is 6.23 Å². The topological polar surface area (TPSA) is 36.9 Å². The largest absolute Gasteiger partial charge is 0.471 e. The molecule has 0 heterocycles. The maximum absolute atomic E-state index is 5.43. The molecule has 0 saturated carbocycles. The van der Waals surface area contributed by atoms with Crippen molar-refractivity contribution in [3.63, 3.8) is 0 Å². The highest BCUT2D eigenvalue weighted by Gasteiger charge is 2.55. The highest BCUT2D eigenvalue weighted by molar-refractivity contribution is 7.34. The first kappa shape index (κ1) is 13.3. The van der Waals surface area contributed by atoms with E-state index in [1.165, 1.54) is 0 Å². The van der Waals surface area contributed by atoms with Gasteiger partial charge in [0.05, 0.1) is 0 Å². The molecule has 0 rings (SSSR count). The van der Waals surface area contributed by atoms with Crippen LogP contribution in [0.1, 0.15) is 0 Å². The Kier molecular flexibility index (Phi) is 5.34. The zero-order chi connectivity index (χ0) is 10.5. The van der Waals surface area contributed by atoms with Crippen LogP contribution in [0.15, 0.2) is 0 Å². The minimum atomic E-state index is -2.45. The van der Waals surface area contributed by atoms with Gasteiger partial charge in [0.25, 0.3) is 0 Å². The van der Waals surface area contributed by atoms with E-state index in [2.05, 4.69) is 13.1 Å². The fourth-order valence-electron chi connectivity index (χ4n) is 1.53. The van der Waals surface area contributed by atoms with Gasteiger partial charge in [0.1, 0.15) is 0 Å². The highest BCUT2D eigenvalue weighted by Crippen LogP contribution is 2.21. The van der Waals surface area contributed by atoms with E-state index in [4.69, 9.17) is 18.0 Å². The van der Waals surface area contributed by atoms with Crippen molar-refractivity contribution in [1.82, 2.24) is 0 Å². The number of rotatable bonds is 6. The summed E-state index contributed by atoms with van der Waals surface area (Å²) >= 11 is 0. The normalized spacial score (nSPS) is 13.4. The monoisotopic (exact) mass is 224 g/mol. The van der Waals surface area contributed by atoms with E-state index in [1.807, 2.05) is 0 Å². The third kappa shape index (κ3) is 2.61. The van der Waals surface area contributed by atoms with E-state index in [9.17, 15) is 0 Å².